The normalized spacial score (nSPS) is 22.9. The lowest BCUT2D eigenvalue weighted by Crippen LogP contribution is -2.32. The Hall–Kier alpha value is 0. The molecule has 0 bridgehead atoms. The van der Waals surface area contributed by atoms with Gasteiger partial charge in [-0.05, 0) is 47.3 Å². The van der Waals surface area contributed by atoms with Gasteiger partial charge in [0, 0.05) is 0 Å². The van der Waals surface area contributed by atoms with Crippen LogP contribution in [0.2, 0.25) is 0 Å². The molecule has 0 radical (unpaired) electrons. The second-order valence-electron chi connectivity index (χ2n) is 8.16. The van der Waals surface area contributed by atoms with Crippen molar-refractivity contribution in [3.05, 3.63) is 0 Å². The molecule has 0 saturated heterocycles. The molecule has 20 heavy (non-hydrogen) atoms. The molecule has 0 aromatic rings. The number of hydrogen-bond donors (Lipinski definition) is 0. The van der Waals surface area contributed by atoms with Crippen molar-refractivity contribution < 1.29 is 0 Å². The molecule has 122 valence electrons. The summed E-state index contributed by atoms with van der Waals surface area (Å²) in [5.74, 6) is 6.61. The zero-order chi connectivity index (χ0) is 16.0. The summed E-state index contributed by atoms with van der Waals surface area (Å²) in [5, 5.41) is 0. The van der Waals surface area contributed by atoms with E-state index in [1.165, 1.54) is 12.8 Å². The van der Waals surface area contributed by atoms with Crippen molar-refractivity contribution in [2.75, 3.05) is 0 Å². The van der Waals surface area contributed by atoms with Crippen LogP contribution in [-0.4, -0.2) is 0 Å². The molecule has 0 heterocycles. The first-order chi connectivity index (χ1) is 9.14. The van der Waals surface area contributed by atoms with Gasteiger partial charge in [-0.2, -0.15) is 0 Å². The quantitative estimate of drug-likeness (QED) is 0.431. The van der Waals surface area contributed by atoms with Gasteiger partial charge >= 0.3 is 0 Å². The summed E-state index contributed by atoms with van der Waals surface area (Å²) in [6.45, 7) is 24.4. The van der Waals surface area contributed by atoms with Gasteiger partial charge in [0.2, 0.25) is 0 Å². The van der Waals surface area contributed by atoms with Crippen LogP contribution in [0.15, 0.2) is 0 Å². The van der Waals surface area contributed by atoms with Gasteiger partial charge in [-0.1, -0.05) is 82.1 Å². The van der Waals surface area contributed by atoms with Crippen LogP contribution in [0.25, 0.3) is 0 Å². The molecule has 0 heteroatoms. The molecule has 0 fully saturated rings. The monoisotopic (exact) mass is 282 g/mol. The highest BCUT2D eigenvalue weighted by atomic mass is 14.4. The molecule has 0 aliphatic rings. The van der Waals surface area contributed by atoms with Gasteiger partial charge in [-0.15, -0.1) is 0 Å². The van der Waals surface area contributed by atoms with Crippen molar-refractivity contribution in [2.45, 2.75) is 82.1 Å². The Bertz CT molecular complexity index is 242. The highest BCUT2D eigenvalue weighted by Gasteiger charge is 2.31. The van der Waals surface area contributed by atoms with Crippen LogP contribution in [0.1, 0.15) is 82.1 Å². The van der Waals surface area contributed by atoms with Gasteiger partial charge in [0.05, 0.1) is 0 Å². The smallest absolute Gasteiger partial charge is 0.0386 e. The Balaban J connectivity index is 4.66. The first-order valence-electron chi connectivity index (χ1n) is 9.14. The third-order valence-corrected chi connectivity index (χ3v) is 6.84. The maximum Gasteiger partial charge on any atom is -0.0386 e. The van der Waals surface area contributed by atoms with E-state index in [1.54, 1.807) is 0 Å². The summed E-state index contributed by atoms with van der Waals surface area (Å²) in [6.07, 6.45) is 2.70. The molecule has 0 amide bonds. The fourth-order valence-corrected chi connectivity index (χ4v) is 3.76. The van der Waals surface area contributed by atoms with Crippen LogP contribution in [0.5, 0.6) is 0 Å². The summed E-state index contributed by atoms with van der Waals surface area (Å²) < 4.78 is 0. The van der Waals surface area contributed by atoms with E-state index in [0.717, 1.165) is 47.3 Å². The van der Waals surface area contributed by atoms with Crippen LogP contribution in [0.4, 0.5) is 0 Å². The number of rotatable bonds is 9. The Labute approximate surface area is 130 Å². The minimum absolute atomic E-state index is 0.798. The average molecular weight is 283 g/mol. The fraction of sp³-hybridized carbons (Fsp3) is 1.00. The van der Waals surface area contributed by atoms with Crippen molar-refractivity contribution in [3.8, 4) is 0 Å². The van der Waals surface area contributed by atoms with E-state index in [1.807, 2.05) is 0 Å². The minimum Gasteiger partial charge on any atom is -0.0654 e. The van der Waals surface area contributed by atoms with Gasteiger partial charge in [-0.25, -0.2) is 0 Å². The molecule has 0 aliphatic carbocycles. The Morgan fingerprint density at radius 1 is 0.500 bits per heavy atom. The Morgan fingerprint density at radius 3 is 1.20 bits per heavy atom. The maximum absolute atomic E-state index is 2.49. The molecule has 7 atom stereocenters. The molecular weight excluding hydrogens is 240 g/mol. The highest BCUT2D eigenvalue weighted by Crippen LogP contribution is 2.38. The van der Waals surface area contributed by atoms with E-state index in [-0.39, 0.29) is 0 Å². The van der Waals surface area contributed by atoms with E-state index < -0.39 is 0 Å². The van der Waals surface area contributed by atoms with Gasteiger partial charge in [0.15, 0.2) is 0 Å². The summed E-state index contributed by atoms with van der Waals surface area (Å²) in [4.78, 5) is 0. The lowest BCUT2D eigenvalue weighted by Gasteiger charge is -2.38. The van der Waals surface area contributed by atoms with Crippen LogP contribution in [0, 0.1) is 47.3 Å². The summed E-state index contributed by atoms with van der Waals surface area (Å²) in [5.41, 5.74) is 0. The largest absolute Gasteiger partial charge is 0.0654 e. The molecular formula is C20H42. The van der Waals surface area contributed by atoms with Crippen LogP contribution in [-0.2, 0) is 0 Å². The topological polar surface area (TPSA) is 0 Å². The predicted octanol–water partition coefficient (Wildman–Crippen LogP) is 6.90. The van der Waals surface area contributed by atoms with Gasteiger partial charge < -0.3 is 0 Å². The van der Waals surface area contributed by atoms with Crippen LogP contribution >= 0.6 is 0 Å². The predicted molar refractivity (Wildman–Crippen MR) is 93.9 cm³/mol. The van der Waals surface area contributed by atoms with Crippen LogP contribution in [0.3, 0.4) is 0 Å². The molecule has 7 unspecified atom stereocenters. The van der Waals surface area contributed by atoms with E-state index >= 15 is 0 Å². The summed E-state index contributed by atoms with van der Waals surface area (Å²) in [6, 6.07) is 0. The second kappa shape index (κ2) is 9.11. The van der Waals surface area contributed by atoms with Gasteiger partial charge in [0.1, 0.15) is 0 Å². The van der Waals surface area contributed by atoms with Crippen molar-refractivity contribution >= 4 is 0 Å². The first-order valence-corrected chi connectivity index (χ1v) is 9.14. The molecule has 0 aliphatic heterocycles. The fourth-order valence-electron chi connectivity index (χ4n) is 3.76. The van der Waals surface area contributed by atoms with Crippen molar-refractivity contribution in [2.24, 2.45) is 47.3 Å². The molecule has 0 aromatic carbocycles. The minimum atomic E-state index is 0.798. The average Bonchev–Trinajstić information content (AvgIpc) is 2.42. The van der Waals surface area contributed by atoms with E-state index in [0.29, 0.717) is 0 Å². The SMILES string of the molecule is CCCC(C)C(C)C(C)C(C)C(C)C(C)C(C)C(C)C. The third kappa shape index (κ3) is 5.41. The zero-order valence-corrected chi connectivity index (χ0v) is 16.0. The van der Waals surface area contributed by atoms with E-state index in [9.17, 15) is 0 Å². The molecule has 0 saturated carbocycles. The maximum atomic E-state index is 2.49. The van der Waals surface area contributed by atoms with Gasteiger partial charge in [-0.3, -0.25) is 0 Å². The lowest BCUT2D eigenvalue weighted by molar-refractivity contribution is 0.104. The van der Waals surface area contributed by atoms with Crippen molar-refractivity contribution in [1.82, 2.24) is 0 Å². The van der Waals surface area contributed by atoms with Crippen LogP contribution < -0.4 is 0 Å². The molecule has 0 rings (SSSR count). The van der Waals surface area contributed by atoms with Gasteiger partial charge in [0.25, 0.3) is 0 Å². The summed E-state index contributed by atoms with van der Waals surface area (Å²) >= 11 is 0. The van der Waals surface area contributed by atoms with Crippen molar-refractivity contribution in [1.29, 1.82) is 0 Å². The highest BCUT2D eigenvalue weighted by molar-refractivity contribution is 4.80. The van der Waals surface area contributed by atoms with Crippen molar-refractivity contribution in [3.63, 3.8) is 0 Å². The second-order valence-corrected chi connectivity index (χ2v) is 8.16. The number of hydrogen-bond acceptors (Lipinski definition) is 0. The molecule has 0 nitrogen and oxygen atoms in total. The van der Waals surface area contributed by atoms with E-state index in [2.05, 4.69) is 69.2 Å². The third-order valence-electron chi connectivity index (χ3n) is 6.84. The van der Waals surface area contributed by atoms with E-state index in [4.69, 9.17) is 0 Å². The molecule has 0 N–H and O–H groups in total. The molecule has 0 aromatic heterocycles. The Morgan fingerprint density at radius 2 is 0.850 bits per heavy atom. The Kier molecular flexibility index (Phi) is 9.11. The summed E-state index contributed by atoms with van der Waals surface area (Å²) in [7, 11) is 0. The first kappa shape index (κ1) is 20.0. The standard InChI is InChI=1S/C20H42/c1-11-12-14(4)16(6)18(8)20(10)19(9)17(7)15(5)13(2)3/h13-20H,11-12H2,1-10H3. The molecule has 0 spiro atoms. The lowest BCUT2D eigenvalue weighted by atomic mass is 9.67. The zero-order valence-electron chi connectivity index (χ0n) is 16.0.